The van der Waals surface area contributed by atoms with Crippen molar-refractivity contribution in [3.8, 4) is 0 Å². The van der Waals surface area contributed by atoms with E-state index in [4.69, 9.17) is 4.74 Å². The number of hydrogen-bond donors (Lipinski definition) is 0. The maximum Gasteiger partial charge on any atom is 0.349 e. The standard InChI is InChI=1S/C19H23NO3S/c1-14-10-11-24-17(14)18(22)23-13-16(21)20(19(2,3)4)12-15-8-6-5-7-9-15/h5-11H,12-13H2,1-4H3. The number of carbonyl (C=O) groups excluding carboxylic acids is 2. The lowest BCUT2D eigenvalue weighted by atomic mass is 10.0. The van der Waals surface area contributed by atoms with Gasteiger partial charge in [0.2, 0.25) is 0 Å². The number of carbonyl (C=O) groups is 2. The Balaban J connectivity index is 2.03. The van der Waals surface area contributed by atoms with E-state index in [2.05, 4.69) is 0 Å². The summed E-state index contributed by atoms with van der Waals surface area (Å²) in [6.07, 6.45) is 0. The number of esters is 1. The van der Waals surface area contributed by atoms with Crippen LogP contribution in [-0.2, 0) is 16.1 Å². The summed E-state index contributed by atoms with van der Waals surface area (Å²) in [5, 5.41) is 1.84. The average molecular weight is 345 g/mol. The highest BCUT2D eigenvalue weighted by Crippen LogP contribution is 2.19. The Morgan fingerprint density at radius 2 is 1.79 bits per heavy atom. The second-order valence-electron chi connectivity index (χ2n) is 6.65. The summed E-state index contributed by atoms with van der Waals surface area (Å²) in [6.45, 7) is 8.00. The van der Waals surface area contributed by atoms with Crippen LogP contribution < -0.4 is 0 Å². The van der Waals surface area contributed by atoms with E-state index in [1.165, 1.54) is 11.3 Å². The first-order chi connectivity index (χ1) is 11.3. The van der Waals surface area contributed by atoms with Gasteiger partial charge in [0.15, 0.2) is 6.61 Å². The molecule has 0 unspecified atom stereocenters. The van der Waals surface area contributed by atoms with Gasteiger partial charge in [-0.3, -0.25) is 4.79 Å². The third kappa shape index (κ3) is 4.68. The average Bonchev–Trinajstić information content (AvgIpc) is 2.96. The van der Waals surface area contributed by atoms with Crippen molar-refractivity contribution in [1.29, 1.82) is 0 Å². The van der Waals surface area contributed by atoms with E-state index < -0.39 is 5.97 Å². The van der Waals surface area contributed by atoms with Gasteiger partial charge in [-0.05, 0) is 50.3 Å². The Kier molecular flexibility index (Phi) is 5.78. The monoisotopic (exact) mass is 345 g/mol. The van der Waals surface area contributed by atoms with Gasteiger partial charge in [0, 0.05) is 12.1 Å². The minimum absolute atomic E-state index is 0.200. The maximum atomic E-state index is 12.6. The van der Waals surface area contributed by atoms with Gasteiger partial charge in [0.1, 0.15) is 4.88 Å². The van der Waals surface area contributed by atoms with Gasteiger partial charge in [0.25, 0.3) is 5.91 Å². The summed E-state index contributed by atoms with van der Waals surface area (Å²) < 4.78 is 5.22. The molecule has 0 aliphatic carbocycles. The minimum atomic E-state index is -0.440. The van der Waals surface area contributed by atoms with Crippen LogP contribution >= 0.6 is 11.3 Å². The molecule has 0 spiro atoms. The predicted molar refractivity (Wildman–Crippen MR) is 96.1 cm³/mol. The summed E-state index contributed by atoms with van der Waals surface area (Å²) in [5.74, 6) is -0.640. The number of ether oxygens (including phenoxy) is 1. The summed E-state index contributed by atoms with van der Waals surface area (Å²) in [5.41, 5.74) is 1.55. The number of amides is 1. The zero-order chi connectivity index (χ0) is 17.7. The molecule has 0 saturated heterocycles. The minimum Gasteiger partial charge on any atom is -0.451 e. The number of aryl methyl sites for hydroxylation is 1. The zero-order valence-corrected chi connectivity index (χ0v) is 15.4. The zero-order valence-electron chi connectivity index (χ0n) is 14.5. The molecule has 0 atom stereocenters. The molecule has 0 saturated carbocycles. The Hall–Kier alpha value is -2.14. The molecule has 2 rings (SSSR count). The van der Waals surface area contributed by atoms with Crippen molar-refractivity contribution in [2.24, 2.45) is 0 Å². The lowest BCUT2D eigenvalue weighted by Gasteiger charge is -2.35. The Morgan fingerprint density at radius 1 is 1.12 bits per heavy atom. The van der Waals surface area contributed by atoms with Crippen molar-refractivity contribution in [2.75, 3.05) is 6.61 Å². The van der Waals surface area contributed by atoms with Gasteiger partial charge in [0.05, 0.1) is 0 Å². The van der Waals surface area contributed by atoms with Crippen LogP contribution in [-0.4, -0.2) is 28.9 Å². The van der Waals surface area contributed by atoms with Crippen molar-refractivity contribution in [2.45, 2.75) is 39.8 Å². The highest BCUT2D eigenvalue weighted by Gasteiger charge is 2.27. The van der Waals surface area contributed by atoms with Crippen molar-refractivity contribution < 1.29 is 14.3 Å². The van der Waals surface area contributed by atoms with Gasteiger partial charge in [-0.25, -0.2) is 4.79 Å². The fraction of sp³-hybridized carbons (Fsp3) is 0.368. The number of nitrogens with zero attached hydrogens (tertiary/aromatic N) is 1. The second kappa shape index (κ2) is 7.62. The molecule has 1 amide bonds. The first kappa shape index (κ1) is 18.2. The SMILES string of the molecule is Cc1ccsc1C(=O)OCC(=O)N(Cc1ccccc1)C(C)(C)C. The topological polar surface area (TPSA) is 46.6 Å². The summed E-state index contributed by atoms with van der Waals surface area (Å²) >= 11 is 1.33. The van der Waals surface area contributed by atoms with Crippen molar-refractivity contribution in [1.82, 2.24) is 4.90 Å². The Bertz CT molecular complexity index is 701. The molecule has 1 aromatic heterocycles. The Labute approximate surface area is 147 Å². The van der Waals surface area contributed by atoms with Crippen LogP contribution in [0.15, 0.2) is 41.8 Å². The number of benzene rings is 1. The van der Waals surface area contributed by atoms with E-state index in [1.54, 1.807) is 4.90 Å². The van der Waals surface area contributed by atoms with Crippen molar-refractivity contribution >= 4 is 23.2 Å². The first-order valence-corrected chi connectivity index (χ1v) is 8.72. The number of rotatable bonds is 5. The quantitative estimate of drug-likeness (QED) is 0.768. The molecule has 0 aliphatic heterocycles. The molecule has 2 aromatic rings. The summed E-state index contributed by atoms with van der Waals surface area (Å²) in [7, 11) is 0. The molecule has 0 radical (unpaired) electrons. The van der Waals surface area contributed by atoms with Crippen LogP contribution in [0.4, 0.5) is 0 Å². The fourth-order valence-electron chi connectivity index (χ4n) is 2.32. The van der Waals surface area contributed by atoms with E-state index in [0.717, 1.165) is 11.1 Å². The Morgan fingerprint density at radius 3 is 2.33 bits per heavy atom. The third-order valence-electron chi connectivity index (χ3n) is 3.67. The molecule has 24 heavy (non-hydrogen) atoms. The fourth-order valence-corrected chi connectivity index (χ4v) is 3.14. The molecule has 5 heteroatoms. The predicted octanol–water partition coefficient (Wildman–Crippen LogP) is 4.04. The largest absolute Gasteiger partial charge is 0.451 e. The highest BCUT2D eigenvalue weighted by molar-refractivity contribution is 7.12. The lowest BCUT2D eigenvalue weighted by Crippen LogP contribution is -2.46. The van der Waals surface area contributed by atoms with Crippen LogP contribution in [0.1, 0.15) is 41.6 Å². The second-order valence-corrected chi connectivity index (χ2v) is 7.56. The summed E-state index contributed by atoms with van der Waals surface area (Å²) in [4.78, 5) is 27.0. The van der Waals surface area contributed by atoms with Crippen LogP contribution in [0.3, 0.4) is 0 Å². The molecule has 1 aromatic carbocycles. The van der Waals surface area contributed by atoms with Gasteiger partial charge in [-0.15, -0.1) is 11.3 Å². The molecular formula is C19H23NO3S. The first-order valence-electron chi connectivity index (χ1n) is 7.84. The molecule has 0 N–H and O–H groups in total. The number of hydrogen-bond acceptors (Lipinski definition) is 4. The van der Waals surface area contributed by atoms with Gasteiger partial charge < -0.3 is 9.64 Å². The summed E-state index contributed by atoms with van der Waals surface area (Å²) in [6, 6.07) is 11.7. The number of thiophene rings is 1. The van der Waals surface area contributed by atoms with Crippen LogP contribution in [0.2, 0.25) is 0 Å². The van der Waals surface area contributed by atoms with Crippen LogP contribution in [0.5, 0.6) is 0 Å². The molecule has 0 fully saturated rings. The lowest BCUT2D eigenvalue weighted by molar-refractivity contribution is -0.140. The van der Waals surface area contributed by atoms with Crippen molar-refractivity contribution in [3.05, 3.63) is 57.8 Å². The third-order valence-corrected chi connectivity index (χ3v) is 4.67. The molecular weight excluding hydrogens is 322 g/mol. The van der Waals surface area contributed by atoms with Gasteiger partial charge in [-0.2, -0.15) is 0 Å². The molecule has 4 nitrogen and oxygen atoms in total. The van der Waals surface area contributed by atoms with Crippen LogP contribution in [0, 0.1) is 6.92 Å². The molecule has 0 aliphatic rings. The van der Waals surface area contributed by atoms with Crippen LogP contribution in [0.25, 0.3) is 0 Å². The normalized spacial score (nSPS) is 11.2. The molecule has 128 valence electrons. The molecule has 1 heterocycles. The van der Waals surface area contributed by atoms with E-state index in [9.17, 15) is 9.59 Å². The van der Waals surface area contributed by atoms with Gasteiger partial charge >= 0.3 is 5.97 Å². The maximum absolute atomic E-state index is 12.6. The molecule has 0 bridgehead atoms. The van der Waals surface area contributed by atoms with E-state index >= 15 is 0 Å². The van der Waals surface area contributed by atoms with E-state index in [0.29, 0.717) is 11.4 Å². The highest BCUT2D eigenvalue weighted by atomic mass is 32.1. The van der Waals surface area contributed by atoms with Crippen molar-refractivity contribution in [3.63, 3.8) is 0 Å². The van der Waals surface area contributed by atoms with E-state index in [-0.39, 0.29) is 18.1 Å². The van der Waals surface area contributed by atoms with E-state index in [1.807, 2.05) is 69.5 Å². The van der Waals surface area contributed by atoms with Gasteiger partial charge in [-0.1, -0.05) is 30.3 Å². The smallest absolute Gasteiger partial charge is 0.349 e.